The molecular formula is C15H14N2O4S. The molecule has 0 saturated heterocycles. The summed E-state index contributed by atoms with van der Waals surface area (Å²) in [7, 11) is 1.53. The Bertz CT molecular complexity index is 737. The number of rotatable bonds is 5. The van der Waals surface area contributed by atoms with Crippen molar-refractivity contribution in [2.45, 2.75) is 18.8 Å². The maximum Gasteiger partial charge on any atom is 0.347 e. The van der Waals surface area contributed by atoms with Gasteiger partial charge in [0.15, 0.2) is 5.13 Å². The highest BCUT2D eigenvalue weighted by Crippen LogP contribution is 2.43. The lowest BCUT2D eigenvalue weighted by atomic mass is 10.2. The lowest BCUT2D eigenvalue weighted by Gasteiger charge is -2.04. The monoisotopic (exact) mass is 318 g/mol. The minimum atomic E-state index is -0.999. The minimum absolute atomic E-state index is 0.212. The van der Waals surface area contributed by atoms with Crippen LogP contribution in [0.15, 0.2) is 24.3 Å². The summed E-state index contributed by atoms with van der Waals surface area (Å²) in [6.45, 7) is 0. The van der Waals surface area contributed by atoms with E-state index < -0.39 is 5.97 Å². The number of carbonyl (C=O) groups excluding carboxylic acids is 1. The third-order valence-corrected chi connectivity index (χ3v) is 4.34. The van der Waals surface area contributed by atoms with Gasteiger partial charge in [0.1, 0.15) is 10.6 Å². The molecule has 1 saturated carbocycles. The van der Waals surface area contributed by atoms with Crippen molar-refractivity contribution < 1.29 is 19.4 Å². The summed E-state index contributed by atoms with van der Waals surface area (Å²) in [5, 5.41) is 12.2. The number of nitrogens with zero attached hydrogens (tertiary/aromatic N) is 1. The zero-order valence-electron chi connectivity index (χ0n) is 11.8. The number of thiazole rings is 1. The standard InChI is InChI=1S/C15H14N2O4S/c1-21-10-4-2-3-9(7-10)13(18)17-15-16-11(8-5-6-8)12(22-15)14(19)20/h2-4,7-8H,5-6H2,1H3,(H,19,20)(H,16,17,18). The van der Waals surface area contributed by atoms with Crippen molar-refractivity contribution in [2.75, 3.05) is 12.4 Å². The van der Waals surface area contributed by atoms with Gasteiger partial charge in [-0.1, -0.05) is 17.4 Å². The van der Waals surface area contributed by atoms with Gasteiger partial charge in [-0.25, -0.2) is 9.78 Å². The molecule has 0 aliphatic heterocycles. The smallest absolute Gasteiger partial charge is 0.347 e. The normalized spacial score (nSPS) is 13.7. The number of aromatic carboxylic acids is 1. The minimum Gasteiger partial charge on any atom is -0.497 e. The molecule has 7 heteroatoms. The van der Waals surface area contributed by atoms with E-state index in [-0.39, 0.29) is 16.7 Å². The summed E-state index contributed by atoms with van der Waals surface area (Å²) < 4.78 is 5.08. The first-order valence-corrected chi connectivity index (χ1v) is 7.59. The first-order chi connectivity index (χ1) is 10.6. The number of aromatic nitrogens is 1. The molecule has 2 aromatic rings. The van der Waals surface area contributed by atoms with Crippen molar-refractivity contribution in [1.29, 1.82) is 0 Å². The van der Waals surface area contributed by atoms with E-state index in [1.54, 1.807) is 24.3 Å². The molecule has 1 aliphatic rings. The van der Waals surface area contributed by atoms with Gasteiger partial charge in [-0.05, 0) is 31.0 Å². The lowest BCUT2D eigenvalue weighted by molar-refractivity contribution is 0.0700. The van der Waals surface area contributed by atoms with E-state index in [9.17, 15) is 14.7 Å². The van der Waals surface area contributed by atoms with Crippen LogP contribution in [0.25, 0.3) is 0 Å². The Hall–Kier alpha value is -2.41. The molecule has 0 unspecified atom stereocenters. The number of carboxylic acids is 1. The van der Waals surface area contributed by atoms with Crippen LogP contribution in [-0.2, 0) is 0 Å². The third-order valence-electron chi connectivity index (χ3n) is 3.36. The summed E-state index contributed by atoms with van der Waals surface area (Å²) in [4.78, 5) is 27.9. The molecule has 1 aromatic carbocycles. The molecule has 22 heavy (non-hydrogen) atoms. The van der Waals surface area contributed by atoms with Crippen molar-refractivity contribution in [3.63, 3.8) is 0 Å². The van der Waals surface area contributed by atoms with Gasteiger partial charge in [0.2, 0.25) is 0 Å². The Kier molecular flexibility index (Phi) is 3.81. The predicted molar refractivity (Wildman–Crippen MR) is 82.0 cm³/mol. The number of hydrogen-bond acceptors (Lipinski definition) is 5. The molecular weight excluding hydrogens is 304 g/mol. The van der Waals surface area contributed by atoms with Gasteiger partial charge < -0.3 is 9.84 Å². The van der Waals surface area contributed by atoms with Crippen LogP contribution in [0.5, 0.6) is 5.75 Å². The van der Waals surface area contributed by atoms with E-state index in [0.717, 1.165) is 24.2 Å². The SMILES string of the molecule is COc1cccc(C(=O)Nc2nc(C3CC3)c(C(=O)O)s2)c1. The molecule has 114 valence electrons. The summed E-state index contributed by atoms with van der Waals surface area (Å²) in [5.74, 6) is -0.547. The second-order valence-electron chi connectivity index (χ2n) is 5.00. The highest BCUT2D eigenvalue weighted by molar-refractivity contribution is 7.17. The zero-order chi connectivity index (χ0) is 15.7. The Labute approximate surface area is 130 Å². The van der Waals surface area contributed by atoms with Gasteiger partial charge in [0.05, 0.1) is 12.8 Å². The number of methoxy groups -OCH3 is 1. The topological polar surface area (TPSA) is 88.5 Å². The number of carboxylic acid groups (broad SMARTS) is 1. The summed E-state index contributed by atoms with van der Waals surface area (Å²) >= 11 is 0.995. The van der Waals surface area contributed by atoms with E-state index in [2.05, 4.69) is 10.3 Å². The van der Waals surface area contributed by atoms with Gasteiger partial charge >= 0.3 is 5.97 Å². The lowest BCUT2D eigenvalue weighted by Crippen LogP contribution is -2.11. The van der Waals surface area contributed by atoms with Crippen LogP contribution in [0, 0.1) is 0 Å². The van der Waals surface area contributed by atoms with Crippen LogP contribution < -0.4 is 10.1 Å². The number of nitrogens with one attached hydrogen (secondary N) is 1. The van der Waals surface area contributed by atoms with Crippen molar-refractivity contribution in [1.82, 2.24) is 4.98 Å². The first kappa shape index (κ1) is 14.5. The van der Waals surface area contributed by atoms with Gasteiger partial charge in [0.25, 0.3) is 5.91 Å². The fraction of sp³-hybridized carbons (Fsp3) is 0.267. The van der Waals surface area contributed by atoms with Crippen LogP contribution in [0.4, 0.5) is 5.13 Å². The van der Waals surface area contributed by atoms with E-state index >= 15 is 0 Å². The summed E-state index contributed by atoms with van der Waals surface area (Å²) in [6, 6.07) is 6.73. The quantitative estimate of drug-likeness (QED) is 0.884. The molecule has 6 nitrogen and oxygen atoms in total. The summed E-state index contributed by atoms with van der Waals surface area (Å²) in [5.41, 5.74) is 1.01. The van der Waals surface area contributed by atoms with E-state index in [4.69, 9.17) is 4.74 Å². The van der Waals surface area contributed by atoms with Crippen molar-refractivity contribution in [3.05, 3.63) is 40.4 Å². The third kappa shape index (κ3) is 2.94. The van der Waals surface area contributed by atoms with E-state index in [1.165, 1.54) is 7.11 Å². The fourth-order valence-electron chi connectivity index (χ4n) is 2.11. The molecule has 1 heterocycles. The number of benzene rings is 1. The van der Waals surface area contributed by atoms with Gasteiger partial charge in [-0.3, -0.25) is 10.1 Å². The van der Waals surface area contributed by atoms with Crippen LogP contribution >= 0.6 is 11.3 Å². The predicted octanol–water partition coefficient (Wildman–Crippen LogP) is 2.98. The van der Waals surface area contributed by atoms with Crippen molar-refractivity contribution in [3.8, 4) is 5.75 Å². The maximum atomic E-state index is 12.2. The number of ether oxygens (including phenoxy) is 1. The second kappa shape index (κ2) is 5.76. The van der Waals surface area contributed by atoms with Gasteiger partial charge in [-0.15, -0.1) is 0 Å². The van der Waals surface area contributed by atoms with E-state index in [0.29, 0.717) is 22.1 Å². The molecule has 3 rings (SSSR count). The van der Waals surface area contributed by atoms with Crippen LogP contribution in [-0.4, -0.2) is 29.1 Å². The Morgan fingerprint density at radius 3 is 2.82 bits per heavy atom. The van der Waals surface area contributed by atoms with Crippen LogP contribution in [0.2, 0.25) is 0 Å². The Balaban J connectivity index is 1.81. The average Bonchev–Trinajstić information content (AvgIpc) is 3.28. The molecule has 1 amide bonds. The van der Waals surface area contributed by atoms with Crippen LogP contribution in [0.1, 0.15) is 44.5 Å². The average molecular weight is 318 g/mol. The van der Waals surface area contributed by atoms with E-state index in [1.807, 2.05) is 0 Å². The maximum absolute atomic E-state index is 12.2. The molecule has 1 fully saturated rings. The van der Waals surface area contributed by atoms with Crippen LogP contribution in [0.3, 0.4) is 0 Å². The number of anilines is 1. The first-order valence-electron chi connectivity index (χ1n) is 6.78. The molecule has 0 atom stereocenters. The van der Waals surface area contributed by atoms with Gasteiger partial charge in [0, 0.05) is 11.5 Å². The highest BCUT2D eigenvalue weighted by Gasteiger charge is 2.32. The molecule has 1 aromatic heterocycles. The Morgan fingerprint density at radius 2 is 2.18 bits per heavy atom. The Morgan fingerprint density at radius 1 is 1.41 bits per heavy atom. The summed E-state index contributed by atoms with van der Waals surface area (Å²) in [6.07, 6.45) is 1.90. The second-order valence-corrected chi connectivity index (χ2v) is 6.00. The molecule has 0 spiro atoms. The number of hydrogen-bond donors (Lipinski definition) is 2. The highest BCUT2D eigenvalue weighted by atomic mass is 32.1. The zero-order valence-corrected chi connectivity index (χ0v) is 12.6. The van der Waals surface area contributed by atoms with Crippen molar-refractivity contribution in [2.24, 2.45) is 0 Å². The molecule has 1 aliphatic carbocycles. The number of carbonyl (C=O) groups is 2. The van der Waals surface area contributed by atoms with Gasteiger partial charge in [-0.2, -0.15) is 0 Å². The molecule has 0 radical (unpaired) electrons. The molecule has 2 N–H and O–H groups in total. The molecule has 0 bridgehead atoms. The fourth-order valence-corrected chi connectivity index (χ4v) is 2.99. The number of amides is 1. The van der Waals surface area contributed by atoms with Crippen molar-refractivity contribution >= 4 is 28.3 Å². The largest absolute Gasteiger partial charge is 0.497 e.